The van der Waals surface area contributed by atoms with Crippen molar-refractivity contribution in [2.24, 2.45) is 5.73 Å². The number of nitrogen functional groups attached to an aromatic ring is 1. The minimum absolute atomic E-state index is 0.422. The molecule has 1 amide bonds. The number of nitrogens with two attached hydrogens (primary N) is 2. The molecule has 0 saturated carbocycles. The van der Waals surface area contributed by atoms with Crippen LogP contribution in [-0.4, -0.2) is 20.7 Å². The van der Waals surface area contributed by atoms with Gasteiger partial charge in [-0.2, -0.15) is 0 Å². The van der Waals surface area contributed by atoms with Gasteiger partial charge in [-0.25, -0.2) is 0 Å². The smallest absolute Gasteiger partial charge is 0.249 e. The first kappa shape index (κ1) is 13.9. The normalized spacial score (nSPS) is 14.5. The van der Waals surface area contributed by atoms with E-state index in [9.17, 15) is 4.79 Å². The van der Waals surface area contributed by atoms with Crippen molar-refractivity contribution in [3.63, 3.8) is 0 Å². The molecule has 0 fully saturated rings. The second-order valence-corrected chi connectivity index (χ2v) is 6.09. The van der Waals surface area contributed by atoms with Crippen LogP contribution in [0.1, 0.15) is 35.4 Å². The van der Waals surface area contributed by atoms with Gasteiger partial charge in [-0.15, -0.1) is 10.2 Å². The van der Waals surface area contributed by atoms with Crippen molar-refractivity contribution in [3.05, 3.63) is 29.6 Å². The Bertz CT molecular complexity index is 682. The van der Waals surface area contributed by atoms with Crippen LogP contribution in [-0.2, 0) is 13.0 Å². The number of fused-ring (bicyclic) bond motifs is 1. The molecule has 1 aliphatic rings. The van der Waals surface area contributed by atoms with Crippen molar-refractivity contribution in [2.75, 3.05) is 5.73 Å². The maximum Gasteiger partial charge on any atom is 0.249 e. The van der Waals surface area contributed by atoms with Gasteiger partial charge in [-0.1, -0.05) is 6.42 Å². The van der Waals surface area contributed by atoms with Crippen LogP contribution in [0.15, 0.2) is 28.3 Å². The molecular weight excluding hydrogens is 286 g/mol. The Morgan fingerprint density at radius 2 is 2.10 bits per heavy atom. The number of amides is 1. The Labute approximate surface area is 126 Å². The molecule has 0 spiro atoms. The lowest BCUT2D eigenvalue weighted by Crippen LogP contribution is -2.13. The minimum Gasteiger partial charge on any atom is -0.399 e. The highest BCUT2D eigenvalue weighted by Gasteiger charge is 2.18. The third-order valence-electron chi connectivity index (χ3n) is 3.55. The molecule has 1 aliphatic heterocycles. The predicted octanol–water partition coefficient (Wildman–Crippen LogP) is 1.84. The van der Waals surface area contributed by atoms with Gasteiger partial charge >= 0.3 is 0 Å². The quantitative estimate of drug-likeness (QED) is 0.843. The number of hydrogen-bond donors (Lipinski definition) is 2. The van der Waals surface area contributed by atoms with Gasteiger partial charge in [0.25, 0.3) is 0 Å². The summed E-state index contributed by atoms with van der Waals surface area (Å²) in [7, 11) is 0. The van der Waals surface area contributed by atoms with Crippen molar-refractivity contribution in [2.45, 2.75) is 42.3 Å². The summed E-state index contributed by atoms with van der Waals surface area (Å²) in [4.78, 5) is 12.3. The number of aryl methyl sites for hydroxylation is 1. The van der Waals surface area contributed by atoms with Crippen LogP contribution >= 0.6 is 11.8 Å². The molecule has 3 rings (SSSR count). The number of primary amides is 1. The van der Waals surface area contributed by atoms with E-state index in [1.807, 2.05) is 0 Å². The fourth-order valence-corrected chi connectivity index (χ4v) is 3.45. The average Bonchev–Trinajstić information content (AvgIpc) is 2.69. The molecule has 4 N–H and O–H groups in total. The molecule has 21 heavy (non-hydrogen) atoms. The fraction of sp³-hybridized carbons (Fsp3) is 0.357. The van der Waals surface area contributed by atoms with E-state index in [-0.39, 0.29) is 0 Å². The summed E-state index contributed by atoms with van der Waals surface area (Å²) < 4.78 is 2.14. The summed E-state index contributed by atoms with van der Waals surface area (Å²) in [6.07, 6.45) is 4.44. The van der Waals surface area contributed by atoms with Gasteiger partial charge < -0.3 is 16.0 Å². The molecule has 110 valence electrons. The van der Waals surface area contributed by atoms with Gasteiger partial charge in [0.15, 0.2) is 5.16 Å². The van der Waals surface area contributed by atoms with Gasteiger partial charge in [0, 0.05) is 23.5 Å². The Kier molecular flexibility index (Phi) is 3.83. The summed E-state index contributed by atoms with van der Waals surface area (Å²) in [6, 6.07) is 5.16. The molecule has 1 aromatic carbocycles. The molecule has 0 atom stereocenters. The number of anilines is 1. The van der Waals surface area contributed by atoms with Gasteiger partial charge in [-0.05, 0) is 42.8 Å². The lowest BCUT2D eigenvalue weighted by Gasteiger charge is -2.09. The maximum absolute atomic E-state index is 11.6. The number of rotatable bonds is 3. The second kappa shape index (κ2) is 5.77. The van der Waals surface area contributed by atoms with Gasteiger partial charge in [0.2, 0.25) is 5.91 Å². The van der Waals surface area contributed by atoms with E-state index < -0.39 is 5.91 Å². The second-order valence-electron chi connectivity index (χ2n) is 5.08. The monoisotopic (exact) mass is 303 g/mol. The van der Waals surface area contributed by atoms with Crippen molar-refractivity contribution < 1.29 is 4.79 Å². The third-order valence-corrected chi connectivity index (χ3v) is 4.61. The van der Waals surface area contributed by atoms with E-state index in [1.54, 1.807) is 18.2 Å². The van der Waals surface area contributed by atoms with E-state index in [0.717, 1.165) is 41.7 Å². The SMILES string of the molecule is NC(=O)c1cc(N)ccc1Sc1nnc2n1CCCCC2. The first-order valence-electron chi connectivity index (χ1n) is 6.94. The van der Waals surface area contributed by atoms with Crippen molar-refractivity contribution in [1.29, 1.82) is 0 Å². The number of nitrogens with zero attached hydrogens (tertiary/aromatic N) is 3. The third kappa shape index (κ3) is 2.87. The molecule has 6 nitrogen and oxygen atoms in total. The first-order valence-corrected chi connectivity index (χ1v) is 7.76. The van der Waals surface area contributed by atoms with E-state index in [1.165, 1.54) is 18.2 Å². The number of aromatic nitrogens is 3. The lowest BCUT2D eigenvalue weighted by molar-refractivity contribution is 0.0997. The van der Waals surface area contributed by atoms with Crippen LogP contribution in [0.25, 0.3) is 0 Å². The summed E-state index contributed by atoms with van der Waals surface area (Å²) in [5.74, 6) is 0.534. The maximum atomic E-state index is 11.6. The fourth-order valence-electron chi connectivity index (χ4n) is 2.46. The Balaban J connectivity index is 1.94. The van der Waals surface area contributed by atoms with Crippen LogP contribution in [0.2, 0.25) is 0 Å². The summed E-state index contributed by atoms with van der Waals surface area (Å²) in [5, 5.41) is 9.31. The zero-order valence-electron chi connectivity index (χ0n) is 11.6. The van der Waals surface area contributed by atoms with Crippen molar-refractivity contribution >= 4 is 23.4 Å². The van der Waals surface area contributed by atoms with Crippen LogP contribution < -0.4 is 11.5 Å². The molecule has 7 heteroatoms. The van der Waals surface area contributed by atoms with Gasteiger partial charge in [0.05, 0.1) is 5.56 Å². The van der Waals surface area contributed by atoms with Crippen molar-refractivity contribution in [1.82, 2.24) is 14.8 Å². The zero-order valence-corrected chi connectivity index (χ0v) is 12.4. The predicted molar refractivity (Wildman–Crippen MR) is 81.1 cm³/mol. The van der Waals surface area contributed by atoms with Crippen LogP contribution in [0, 0.1) is 0 Å². The Morgan fingerprint density at radius 3 is 2.90 bits per heavy atom. The molecule has 1 aromatic heterocycles. The molecule has 2 aromatic rings. The van der Waals surface area contributed by atoms with Crippen LogP contribution in [0.4, 0.5) is 5.69 Å². The number of hydrogen-bond acceptors (Lipinski definition) is 5. The number of carbonyl (C=O) groups is 1. The number of carbonyl (C=O) groups excluding carboxylic acids is 1. The standard InChI is InChI=1S/C14H17N5OS/c15-9-5-6-11(10(8-9)13(16)20)21-14-18-17-12-4-2-1-3-7-19(12)14/h5-6,8H,1-4,7,15H2,(H2,16,20). The summed E-state index contributed by atoms with van der Waals surface area (Å²) in [6.45, 7) is 0.922. The average molecular weight is 303 g/mol. The zero-order chi connectivity index (χ0) is 14.8. The molecular formula is C14H17N5OS. The topological polar surface area (TPSA) is 99.8 Å². The van der Waals surface area contributed by atoms with Gasteiger partial charge in [-0.3, -0.25) is 4.79 Å². The molecule has 0 saturated heterocycles. The highest BCUT2D eigenvalue weighted by atomic mass is 32.2. The summed E-state index contributed by atoms with van der Waals surface area (Å²) >= 11 is 1.41. The summed E-state index contributed by atoms with van der Waals surface area (Å²) in [5.41, 5.74) is 12.1. The first-order chi connectivity index (χ1) is 10.1. The molecule has 0 aliphatic carbocycles. The molecule has 0 radical (unpaired) electrons. The van der Waals surface area contributed by atoms with Crippen LogP contribution in [0.5, 0.6) is 0 Å². The van der Waals surface area contributed by atoms with E-state index in [2.05, 4.69) is 14.8 Å². The van der Waals surface area contributed by atoms with Crippen molar-refractivity contribution in [3.8, 4) is 0 Å². The highest BCUT2D eigenvalue weighted by molar-refractivity contribution is 7.99. The van der Waals surface area contributed by atoms with E-state index in [4.69, 9.17) is 11.5 Å². The molecule has 0 bridgehead atoms. The largest absolute Gasteiger partial charge is 0.399 e. The molecule has 2 heterocycles. The Hall–Kier alpha value is -2.02. The lowest BCUT2D eigenvalue weighted by atomic mass is 10.2. The van der Waals surface area contributed by atoms with E-state index in [0.29, 0.717) is 11.3 Å². The van der Waals surface area contributed by atoms with Gasteiger partial charge in [0.1, 0.15) is 5.82 Å². The number of benzene rings is 1. The minimum atomic E-state index is -0.486. The Morgan fingerprint density at radius 1 is 1.24 bits per heavy atom. The molecule has 0 unspecified atom stereocenters. The highest BCUT2D eigenvalue weighted by Crippen LogP contribution is 2.31. The van der Waals surface area contributed by atoms with E-state index >= 15 is 0 Å². The van der Waals surface area contributed by atoms with Crippen LogP contribution in [0.3, 0.4) is 0 Å².